The third-order valence-corrected chi connectivity index (χ3v) is 2.60. The molecule has 0 saturated carbocycles. The summed E-state index contributed by atoms with van der Waals surface area (Å²) in [4.78, 5) is 23.6. The molecule has 0 amide bonds. The average Bonchev–Trinajstić information content (AvgIpc) is 2.25. The fourth-order valence-corrected chi connectivity index (χ4v) is 1.78. The number of ketones is 1. The van der Waals surface area contributed by atoms with Gasteiger partial charge in [0, 0.05) is 24.1 Å². The molecule has 0 aliphatic carbocycles. The molecule has 0 aromatic heterocycles. The van der Waals surface area contributed by atoms with Crippen LogP contribution in [0.1, 0.15) is 24.9 Å². The van der Waals surface area contributed by atoms with E-state index in [1.807, 2.05) is 19.0 Å². The Bertz CT molecular complexity index is 430. The fourth-order valence-electron chi connectivity index (χ4n) is 1.78. The lowest BCUT2D eigenvalue weighted by atomic mass is 9.99. The summed E-state index contributed by atoms with van der Waals surface area (Å²) in [5.74, 6) is 0.0156. The predicted octanol–water partition coefficient (Wildman–Crippen LogP) is 2.18. The highest BCUT2D eigenvalue weighted by Crippen LogP contribution is 2.30. The molecule has 0 aliphatic heterocycles. The standard InChI is InChI=1S/C12H16N2O3/c1-9(15)8-12(13(2)3)10-6-4-5-7-11(10)14(16)17/h4-7,12H,8H2,1-3H3. The van der Waals surface area contributed by atoms with Crippen molar-refractivity contribution in [3.63, 3.8) is 0 Å². The largest absolute Gasteiger partial charge is 0.302 e. The SMILES string of the molecule is CC(=O)CC(c1ccccc1[N+](=O)[O-])N(C)C. The van der Waals surface area contributed by atoms with Gasteiger partial charge in [0.25, 0.3) is 5.69 Å². The van der Waals surface area contributed by atoms with Crippen LogP contribution in [0.2, 0.25) is 0 Å². The number of carbonyl (C=O) groups excluding carboxylic acids is 1. The van der Waals surface area contributed by atoms with Gasteiger partial charge in [-0.1, -0.05) is 18.2 Å². The smallest absolute Gasteiger partial charge is 0.274 e. The van der Waals surface area contributed by atoms with Crippen molar-refractivity contribution >= 4 is 11.5 Å². The molecule has 1 rings (SSSR count). The number of carbonyl (C=O) groups is 1. The summed E-state index contributed by atoms with van der Waals surface area (Å²) in [5.41, 5.74) is 0.644. The predicted molar refractivity (Wildman–Crippen MR) is 64.8 cm³/mol. The van der Waals surface area contributed by atoms with Crippen LogP contribution >= 0.6 is 0 Å². The van der Waals surface area contributed by atoms with Crippen molar-refractivity contribution in [1.82, 2.24) is 4.90 Å². The number of nitro benzene ring substituents is 1. The third kappa shape index (κ3) is 3.35. The number of rotatable bonds is 5. The lowest BCUT2D eigenvalue weighted by Gasteiger charge is -2.23. The van der Waals surface area contributed by atoms with E-state index in [4.69, 9.17) is 0 Å². The first-order valence-electron chi connectivity index (χ1n) is 5.32. The number of nitrogens with zero attached hydrogens (tertiary/aromatic N) is 2. The Morgan fingerprint density at radius 2 is 2.00 bits per heavy atom. The molecule has 5 heteroatoms. The molecule has 0 spiro atoms. The Kier molecular flexibility index (Phi) is 4.34. The van der Waals surface area contributed by atoms with Crippen LogP contribution in [-0.2, 0) is 4.79 Å². The Morgan fingerprint density at radius 1 is 1.41 bits per heavy atom. The summed E-state index contributed by atoms with van der Waals surface area (Å²) in [7, 11) is 3.62. The molecule has 0 N–H and O–H groups in total. The summed E-state index contributed by atoms with van der Waals surface area (Å²) in [5, 5.41) is 10.9. The number of hydrogen-bond acceptors (Lipinski definition) is 4. The van der Waals surface area contributed by atoms with Crippen molar-refractivity contribution in [1.29, 1.82) is 0 Å². The maximum Gasteiger partial charge on any atom is 0.274 e. The lowest BCUT2D eigenvalue weighted by molar-refractivity contribution is -0.386. The van der Waals surface area contributed by atoms with E-state index in [0.717, 1.165) is 0 Å². The topological polar surface area (TPSA) is 63.4 Å². The van der Waals surface area contributed by atoms with Gasteiger partial charge in [-0.2, -0.15) is 0 Å². The maximum absolute atomic E-state index is 11.2. The Labute approximate surface area is 100 Å². The van der Waals surface area contributed by atoms with Crippen LogP contribution in [0, 0.1) is 10.1 Å². The maximum atomic E-state index is 11.2. The zero-order valence-corrected chi connectivity index (χ0v) is 10.2. The normalized spacial score (nSPS) is 12.5. The minimum atomic E-state index is -0.411. The van der Waals surface area contributed by atoms with Crippen LogP contribution in [0.5, 0.6) is 0 Å². The van der Waals surface area contributed by atoms with E-state index in [1.165, 1.54) is 13.0 Å². The van der Waals surface area contributed by atoms with Crippen molar-refractivity contribution in [3.05, 3.63) is 39.9 Å². The van der Waals surface area contributed by atoms with Crippen LogP contribution in [0.4, 0.5) is 5.69 Å². The van der Waals surface area contributed by atoms with Gasteiger partial charge in [-0.15, -0.1) is 0 Å². The molecule has 1 atom stereocenters. The second-order valence-corrected chi connectivity index (χ2v) is 4.20. The first kappa shape index (κ1) is 13.3. The second-order valence-electron chi connectivity index (χ2n) is 4.20. The van der Waals surface area contributed by atoms with E-state index in [-0.39, 0.29) is 23.9 Å². The summed E-state index contributed by atoms with van der Waals surface area (Å²) >= 11 is 0. The fraction of sp³-hybridized carbons (Fsp3) is 0.417. The second kappa shape index (κ2) is 5.54. The van der Waals surface area contributed by atoms with E-state index in [9.17, 15) is 14.9 Å². The highest BCUT2D eigenvalue weighted by Gasteiger charge is 2.24. The van der Waals surface area contributed by atoms with Crippen LogP contribution < -0.4 is 0 Å². The zero-order valence-electron chi connectivity index (χ0n) is 10.2. The van der Waals surface area contributed by atoms with Crippen molar-refractivity contribution in [2.24, 2.45) is 0 Å². The Hall–Kier alpha value is -1.75. The van der Waals surface area contributed by atoms with Gasteiger partial charge >= 0.3 is 0 Å². The summed E-state index contributed by atoms with van der Waals surface area (Å²) < 4.78 is 0. The van der Waals surface area contributed by atoms with Crippen LogP contribution in [-0.4, -0.2) is 29.7 Å². The Morgan fingerprint density at radius 3 is 2.47 bits per heavy atom. The van der Waals surface area contributed by atoms with Crippen molar-refractivity contribution in [2.45, 2.75) is 19.4 Å². The number of benzene rings is 1. The van der Waals surface area contributed by atoms with Gasteiger partial charge in [0.15, 0.2) is 0 Å². The van der Waals surface area contributed by atoms with E-state index in [1.54, 1.807) is 18.2 Å². The van der Waals surface area contributed by atoms with E-state index < -0.39 is 4.92 Å². The number of para-hydroxylation sites is 1. The van der Waals surface area contributed by atoms with Crippen molar-refractivity contribution in [2.75, 3.05) is 14.1 Å². The molecule has 1 unspecified atom stereocenters. The van der Waals surface area contributed by atoms with Gasteiger partial charge < -0.3 is 4.90 Å². The minimum absolute atomic E-state index is 0.0156. The molecule has 1 aromatic carbocycles. The number of Topliss-reactive ketones (excluding diaryl/α,β-unsaturated/α-hetero) is 1. The zero-order chi connectivity index (χ0) is 13.0. The van der Waals surface area contributed by atoms with Gasteiger partial charge in [-0.25, -0.2) is 0 Å². The van der Waals surface area contributed by atoms with Gasteiger partial charge in [0.05, 0.1) is 4.92 Å². The molecular formula is C12H16N2O3. The average molecular weight is 236 g/mol. The van der Waals surface area contributed by atoms with Crippen LogP contribution in [0.25, 0.3) is 0 Å². The Balaban J connectivity index is 3.18. The summed E-state index contributed by atoms with van der Waals surface area (Å²) in [6.45, 7) is 1.49. The minimum Gasteiger partial charge on any atom is -0.302 e. The monoisotopic (exact) mass is 236 g/mol. The molecule has 0 radical (unpaired) electrons. The molecule has 0 fully saturated rings. The van der Waals surface area contributed by atoms with Crippen molar-refractivity contribution < 1.29 is 9.72 Å². The van der Waals surface area contributed by atoms with Gasteiger partial charge in [0.2, 0.25) is 0 Å². The van der Waals surface area contributed by atoms with E-state index in [0.29, 0.717) is 5.56 Å². The summed E-state index contributed by atoms with van der Waals surface area (Å²) in [6, 6.07) is 6.29. The van der Waals surface area contributed by atoms with Crippen molar-refractivity contribution in [3.8, 4) is 0 Å². The molecule has 17 heavy (non-hydrogen) atoms. The van der Waals surface area contributed by atoms with E-state index in [2.05, 4.69) is 0 Å². The van der Waals surface area contributed by atoms with E-state index >= 15 is 0 Å². The van der Waals surface area contributed by atoms with Gasteiger partial charge in [-0.05, 0) is 21.0 Å². The van der Waals surface area contributed by atoms with Crippen LogP contribution in [0.3, 0.4) is 0 Å². The first-order valence-corrected chi connectivity index (χ1v) is 5.32. The van der Waals surface area contributed by atoms with Gasteiger partial charge in [-0.3, -0.25) is 14.9 Å². The highest BCUT2D eigenvalue weighted by atomic mass is 16.6. The quantitative estimate of drug-likeness (QED) is 0.580. The highest BCUT2D eigenvalue weighted by molar-refractivity contribution is 5.76. The number of nitro groups is 1. The number of hydrogen-bond donors (Lipinski definition) is 0. The molecule has 92 valence electrons. The summed E-state index contributed by atoms with van der Waals surface area (Å²) in [6.07, 6.45) is 0.276. The molecule has 0 heterocycles. The third-order valence-electron chi connectivity index (χ3n) is 2.60. The molecule has 0 saturated heterocycles. The molecule has 0 aliphatic rings. The van der Waals surface area contributed by atoms with Gasteiger partial charge in [0.1, 0.15) is 5.78 Å². The lowest BCUT2D eigenvalue weighted by Crippen LogP contribution is -2.22. The van der Waals surface area contributed by atoms with Crippen LogP contribution in [0.15, 0.2) is 24.3 Å². The molecular weight excluding hydrogens is 220 g/mol. The first-order chi connectivity index (χ1) is 7.93. The molecule has 0 bridgehead atoms. The molecule has 5 nitrogen and oxygen atoms in total. The molecule has 1 aromatic rings.